The molecule has 0 bridgehead atoms. The third kappa shape index (κ3) is 4.38. The molecule has 136 valence electrons. The van der Waals surface area contributed by atoms with Gasteiger partial charge in [0.15, 0.2) is 0 Å². The van der Waals surface area contributed by atoms with Crippen LogP contribution in [-0.2, 0) is 16.0 Å². The molecule has 0 spiro atoms. The van der Waals surface area contributed by atoms with Crippen LogP contribution in [0.3, 0.4) is 0 Å². The van der Waals surface area contributed by atoms with Gasteiger partial charge in [-0.25, -0.2) is 8.78 Å². The van der Waals surface area contributed by atoms with Crippen molar-refractivity contribution in [3.05, 3.63) is 64.7 Å². The fourth-order valence-electron chi connectivity index (χ4n) is 3.01. The quantitative estimate of drug-likeness (QED) is 0.867. The highest BCUT2D eigenvalue weighted by Crippen LogP contribution is 2.27. The molecule has 1 fully saturated rings. The van der Waals surface area contributed by atoms with Gasteiger partial charge in [-0.1, -0.05) is 17.7 Å². The van der Waals surface area contributed by atoms with Gasteiger partial charge in [0.25, 0.3) is 0 Å². The van der Waals surface area contributed by atoms with E-state index in [1.54, 1.807) is 24.3 Å². The molecular formula is C19H17ClF2N2O2. The maximum atomic E-state index is 13.2. The summed E-state index contributed by atoms with van der Waals surface area (Å²) in [6, 6.07) is 10.2. The average molecular weight is 379 g/mol. The zero-order valence-electron chi connectivity index (χ0n) is 13.8. The Morgan fingerprint density at radius 1 is 1.19 bits per heavy atom. The average Bonchev–Trinajstić information content (AvgIpc) is 2.96. The highest BCUT2D eigenvalue weighted by Gasteiger charge is 2.34. The summed E-state index contributed by atoms with van der Waals surface area (Å²) in [5, 5.41) is 3.25. The monoisotopic (exact) mass is 378 g/mol. The topological polar surface area (TPSA) is 49.4 Å². The Hall–Kier alpha value is -2.47. The van der Waals surface area contributed by atoms with Gasteiger partial charge in [0.05, 0.1) is 5.92 Å². The van der Waals surface area contributed by atoms with E-state index in [2.05, 4.69) is 5.32 Å². The van der Waals surface area contributed by atoms with Crippen molar-refractivity contribution in [1.82, 2.24) is 5.32 Å². The number of benzene rings is 2. The van der Waals surface area contributed by atoms with Crippen LogP contribution in [0.4, 0.5) is 14.5 Å². The summed E-state index contributed by atoms with van der Waals surface area (Å²) in [4.78, 5) is 26.0. The predicted octanol–water partition coefficient (Wildman–Crippen LogP) is 3.33. The number of hydrogen-bond acceptors (Lipinski definition) is 2. The van der Waals surface area contributed by atoms with E-state index >= 15 is 0 Å². The van der Waals surface area contributed by atoms with Gasteiger partial charge in [-0.3, -0.25) is 9.59 Å². The van der Waals surface area contributed by atoms with Crippen LogP contribution in [0.1, 0.15) is 12.0 Å². The zero-order chi connectivity index (χ0) is 18.7. The molecule has 2 aromatic carbocycles. The summed E-state index contributed by atoms with van der Waals surface area (Å²) >= 11 is 5.95. The van der Waals surface area contributed by atoms with E-state index in [9.17, 15) is 18.4 Å². The lowest BCUT2D eigenvalue weighted by Crippen LogP contribution is -2.34. The second-order valence-electron chi connectivity index (χ2n) is 6.20. The van der Waals surface area contributed by atoms with Crippen LogP contribution in [0.15, 0.2) is 42.5 Å². The molecule has 1 heterocycles. The van der Waals surface area contributed by atoms with Gasteiger partial charge in [-0.2, -0.15) is 0 Å². The third-order valence-corrected chi connectivity index (χ3v) is 4.49. The molecule has 1 saturated heterocycles. The van der Waals surface area contributed by atoms with Gasteiger partial charge in [0, 0.05) is 36.3 Å². The summed E-state index contributed by atoms with van der Waals surface area (Å²) in [5.74, 6) is -2.15. The Morgan fingerprint density at radius 3 is 2.62 bits per heavy atom. The molecule has 1 aliphatic heterocycles. The number of carbonyl (C=O) groups excluding carboxylic acids is 2. The van der Waals surface area contributed by atoms with Crippen molar-refractivity contribution in [2.24, 2.45) is 5.92 Å². The van der Waals surface area contributed by atoms with Crippen molar-refractivity contribution in [1.29, 1.82) is 0 Å². The van der Waals surface area contributed by atoms with Gasteiger partial charge in [0.2, 0.25) is 11.8 Å². The number of nitrogens with zero attached hydrogens (tertiary/aromatic N) is 1. The standard InChI is InChI=1S/C19H17ClF2N2O2/c20-14-2-1-3-17(9-14)24-11-13(8-18(24)25)19(26)23-5-4-12-6-15(21)10-16(22)7-12/h1-3,6-7,9-10,13H,4-5,8,11H2,(H,23,26)/t13-/m0/s1. The van der Waals surface area contributed by atoms with E-state index < -0.39 is 17.6 Å². The van der Waals surface area contributed by atoms with Gasteiger partial charge >= 0.3 is 0 Å². The lowest BCUT2D eigenvalue weighted by atomic mass is 10.1. The van der Waals surface area contributed by atoms with Crippen molar-refractivity contribution >= 4 is 29.1 Å². The molecule has 1 N–H and O–H groups in total. The first-order valence-corrected chi connectivity index (χ1v) is 8.59. The molecule has 1 atom stereocenters. The van der Waals surface area contributed by atoms with E-state index in [1.807, 2.05) is 0 Å². The maximum absolute atomic E-state index is 13.2. The predicted molar refractivity (Wildman–Crippen MR) is 95.0 cm³/mol. The van der Waals surface area contributed by atoms with Gasteiger partial charge in [-0.05, 0) is 42.3 Å². The number of rotatable bonds is 5. The van der Waals surface area contributed by atoms with Crippen molar-refractivity contribution in [3.63, 3.8) is 0 Å². The minimum Gasteiger partial charge on any atom is -0.355 e. The number of halogens is 3. The zero-order valence-corrected chi connectivity index (χ0v) is 14.6. The van der Waals surface area contributed by atoms with Crippen LogP contribution in [-0.4, -0.2) is 24.9 Å². The van der Waals surface area contributed by atoms with Crippen molar-refractivity contribution < 1.29 is 18.4 Å². The largest absolute Gasteiger partial charge is 0.355 e. The molecule has 2 amide bonds. The molecule has 0 radical (unpaired) electrons. The van der Waals surface area contributed by atoms with E-state index in [0.29, 0.717) is 22.7 Å². The second kappa shape index (κ2) is 7.83. The molecule has 0 aromatic heterocycles. The van der Waals surface area contributed by atoms with E-state index in [-0.39, 0.29) is 31.3 Å². The first-order chi connectivity index (χ1) is 12.4. The fraction of sp³-hybridized carbons (Fsp3) is 0.263. The SMILES string of the molecule is O=C(NCCc1cc(F)cc(F)c1)[C@H]1CC(=O)N(c2cccc(Cl)c2)C1. The smallest absolute Gasteiger partial charge is 0.227 e. The summed E-state index contributed by atoms with van der Waals surface area (Å²) in [6.45, 7) is 0.517. The van der Waals surface area contributed by atoms with Gasteiger partial charge in [0.1, 0.15) is 11.6 Å². The minimum atomic E-state index is -0.648. The van der Waals surface area contributed by atoms with E-state index in [1.165, 1.54) is 17.0 Å². The van der Waals surface area contributed by atoms with Gasteiger partial charge < -0.3 is 10.2 Å². The Bertz CT molecular complexity index is 824. The lowest BCUT2D eigenvalue weighted by Gasteiger charge is -2.17. The molecule has 0 unspecified atom stereocenters. The van der Waals surface area contributed by atoms with Crippen LogP contribution in [0.25, 0.3) is 0 Å². The van der Waals surface area contributed by atoms with E-state index in [0.717, 1.165) is 6.07 Å². The summed E-state index contributed by atoms with van der Waals surface area (Å²) in [7, 11) is 0. The maximum Gasteiger partial charge on any atom is 0.227 e. The normalized spacial score (nSPS) is 16.8. The molecule has 26 heavy (non-hydrogen) atoms. The second-order valence-corrected chi connectivity index (χ2v) is 6.64. The first-order valence-electron chi connectivity index (χ1n) is 8.21. The Morgan fingerprint density at radius 2 is 1.92 bits per heavy atom. The van der Waals surface area contributed by atoms with Crippen LogP contribution in [0.5, 0.6) is 0 Å². The molecule has 4 nitrogen and oxygen atoms in total. The van der Waals surface area contributed by atoms with Crippen LogP contribution >= 0.6 is 11.6 Å². The Kier molecular flexibility index (Phi) is 5.52. The van der Waals surface area contributed by atoms with Crippen molar-refractivity contribution in [2.75, 3.05) is 18.0 Å². The Labute approximate surface area is 154 Å². The van der Waals surface area contributed by atoms with Gasteiger partial charge in [-0.15, -0.1) is 0 Å². The summed E-state index contributed by atoms with van der Waals surface area (Å²) in [6.07, 6.45) is 0.423. The molecule has 0 saturated carbocycles. The molecule has 7 heteroatoms. The number of amides is 2. The Balaban J connectivity index is 1.55. The summed E-state index contributed by atoms with van der Waals surface area (Å²) < 4.78 is 26.3. The highest BCUT2D eigenvalue weighted by atomic mass is 35.5. The molecule has 1 aliphatic rings. The van der Waals surface area contributed by atoms with Crippen molar-refractivity contribution in [3.8, 4) is 0 Å². The van der Waals surface area contributed by atoms with E-state index in [4.69, 9.17) is 11.6 Å². The molecule has 3 rings (SSSR count). The number of nitrogens with one attached hydrogen (secondary N) is 1. The number of hydrogen-bond donors (Lipinski definition) is 1. The highest BCUT2D eigenvalue weighted by molar-refractivity contribution is 6.30. The summed E-state index contributed by atoms with van der Waals surface area (Å²) in [5.41, 5.74) is 1.12. The lowest BCUT2D eigenvalue weighted by molar-refractivity contribution is -0.126. The van der Waals surface area contributed by atoms with Crippen LogP contribution in [0.2, 0.25) is 5.02 Å². The molecular weight excluding hydrogens is 362 g/mol. The molecule has 0 aliphatic carbocycles. The van der Waals surface area contributed by atoms with Crippen molar-refractivity contribution in [2.45, 2.75) is 12.8 Å². The first kappa shape index (κ1) is 18.3. The van der Waals surface area contributed by atoms with Crippen LogP contribution in [0, 0.1) is 17.6 Å². The molecule has 2 aromatic rings. The minimum absolute atomic E-state index is 0.118. The number of carbonyl (C=O) groups is 2. The third-order valence-electron chi connectivity index (χ3n) is 4.25. The number of anilines is 1. The fourth-order valence-corrected chi connectivity index (χ4v) is 3.19. The van der Waals surface area contributed by atoms with Crippen LogP contribution < -0.4 is 10.2 Å².